The smallest absolute Gasteiger partial charge is 0.204 e. The quantitative estimate of drug-likeness (QED) is 0.631. The van der Waals surface area contributed by atoms with Crippen LogP contribution >= 0.6 is 27.5 Å². The summed E-state index contributed by atoms with van der Waals surface area (Å²) in [6.07, 6.45) is -0.741. The van der Waals surface area contributed by atoms with Gasteiger partial charge in [0, 0.05) is 15.1 Å². The molecule has 25 heavy (non-hydrogen) atoms. The zero-order valence-corrected chi connectivity index (χ0v) is 15.6. The van der Waals surface area contributed by atoms with Gasteiger partial charge in [-0.3, -0.25) is 0 Å². The number of aliphatic hydroxyl groups excluding tert-OH is 1. The van der Waals surface area contributed by atoms with Gasteiger partial charge in [-0.25, -0.2) is 0 Å². The normalized spacial score (nSPS) is 12.3. The number of halogens is 2. The van der Waals surface area contributed by atoms with Crippen molar-refractivity contribution < 1.29 is 9.84 Å². The Kier molecular flexibility index (Phi) is 6.14. The van der Waals surface area contributed by atoms with E-state index in [0.29, 0.717) is 17.5 Å². The van der Waals surface area contributed by atoms with Gasteiger partial charge in [0.25, 0.3) is 0 Å². The minimum Gasteiger partial charge on any atom is -0.389 e. The third-order valence-corrected chi connectivity index (χ3v) is 4.35. The van der Waals surface area contributed by atoms with Gasteiger partial charge in [-0.15, -0.1) is 10.2 Å². The number of aliphatic hydroxyl groups is 1. The summed E-state index contributed by atoms with van der Waals surface area (Å²) in [6, 6.07) is 15.1. The van der Waals surface area contributed by atoms with Crippen molar-refractivity contribution in [2.75, 3.05) is 6.61 Å². The van der Waals surface area contributed by atoms with Crippen molar-refractivity contribution in [1.82, 2.24) is 20.2 Å². The van der Waals surface area contributed by atoms with Crippen LogP contribution in [0.5, 0.6) is 0 Å². The van der Waals surface area contributed by atoms with Crippen molar-refractivity contribution in [2.24, 2.45) is 0 Å². The molecule has 2 aromatic carbocycles. The summed E-state index contributed by atoms with van der Waals surface area (Å²) in [6.45, 7) is 0.693. The second-order valence-corrected chi connectivity index (χ2v) is 6.76. The van der Waals surface area contributed by atoms with Gasteiger partial charge in [-0.1, -0.05) is 45.7 Å². The fourth-order valence-corrected chi connectivity index (χ4v) is 2.65. The van der Waals surface area contributed by atoms with E-state index in [2.05, 4.69) is 31.3 Å². The largest absolute Gasteiger partial charge is 0.389 e. The first-order valence-electron chi connectivity index (χ1n) is 7.65. The Morgan fingerprint density at radius 2 is 1.92 bits per heavy atom. The Hall–Kier alpha value is -1.80. The highest BCUT2D eigenvalue weighted by Crippen LogP contribution is 2.18. The fourth-order valence-electron chi connectivity index (χ4n) is 2.20. The predicted octanol–water partition coefficient (Wildman–Crippen LogP) is 3.33. The molecule has 130 valence electrons. The topological polar surface area (TPSA) is 73.1 Å². The number of benzene rings is 2. The van der Waals surface area contributed by atoms with Crippen LogP contribution in [0.3, 0.4) is 0 Å². The molecule has 0 radical (unpaired) electrons. The number of aromatic nitrogens is 4. The maximum atomic E-state index is 10.1. The van der Waals surface area contributed by atoms with Crippen molar-refractivity contribution in [1.29, 1.82) is 0 Å². The van der Waals surface area contributed by atoms with Crippen LogP contribution in [0.4, 0.5) is 0 Å². The molecule has 1 heterocycles. The number of hydrogen-bond donors (Lipinski definition) is 1. The highest BCUT2D eigenvalue weighted by Gasteiger charge is 2.11. The Morgan fingerprint density at radius 1 is 1.16 bits per heavy atom. The lowest BCUT2D eigenvalue weighted by molar-refractivity contribution is 0.0165. The molecule has 0 saturated heterocycles. The molecule has 0 aliphatic rings. The number of rotatable bonds is 7. The molecule has 0 saturated carbocycles. The van der Waals surface area contributed by atoms with Gasteiger partial charge in [0.05, 0.1) is 25.9 Å². The molecule has 0 amide bonds. The molecule has 1 atom stereocenters. The van der Waals surface area contributed by atoms with E-state index in [1.54, 1.807) is 6.07 Å². The van der Waals surface area contributed by atoms with E-state index in [0.717, 1.165) is 15.6 Å². The summed E-state index contributed by atoms with van der Waals surface area (Å²) >= 11 is 9.45. The van der Waals surface area contributed by atoms with Crippen LogP contribution < -0.4 is 0 Å². The SMILES string of the molecule is O[C@@H](COCc1ccccc1Cl)Cn1nnc(-c2ccc(Br)cc2)n1. The van der Waals surface area contributed by atoms with Crippen molar-refractivity contribution >= 4 is 27.5 Å². The molecule has 0 aliphatic carbocycles. The lowest BCUT2D eigenvalue weighted by Gasteiger charge is -2.11. The lowest BCUT2D eigenvalue weighted by Crippen LogP contribution is -2.23. The molecule has 0 aliphatic heterocycles. The maximum absolute atomic E-state index is 10.1. The fraction of sp³-hybridized carbons (Fsp3) is 0.235. The standard InChI is InChI=1S/C17H16BrClN4O2/c18-14-7-5-12(6-8-14)17-20-22-23(21-17)9-15(24)11-25-10-13-3-1-2-4-16(13)19/h1-8,15,24H,9-11H2/t15-/m1/s1. The molecule has 0 fully saturated rings. The average Bonchev–Trinajstić information content (AvgIpc) is 3.05. The second-order valence-electron chi connectivity index (χ2n) is 5.44. The Bertz CT molecular complexity index is 826. The summed E-state index contributed by atoms with van der Waals surface area (Å²) in [5.41, 5.74) is 1.74. The summed E-state index contributed by atoms with van der Waals surface area (Å²) in [7, 11) is 0. The number of hydrogen-bond acceptors (Lipinski definition) is 5. The predicted molar refractivity (Wildman–Crippen MR) is 98.1 cm³/mol. The van der Waals surface area contributed by atoms with Crippen LogP contribution in [0.25, 0.3) is 11.4 Å². The molecular formula is C17H16BrClN4O2. The Morgan fingerprint density at radius 3 is 2.68 bits per heavy atom. The molecule has 8 heteroatoms. The van der Waals surface area contributed by atoms with E-state index in [1.165, 1.54) is 4.80 Å². The first-order chi connectivity index (χ1) is 12.1. The summed E-state index contributed by atoms with van der Waals surface area (Å²) in [5, 5.41) is 23.0. The van der Waals surface area contributed by atoms with Crippen molar-refractivity contribution in [3.05, 3.63) is 63.6 Å². The molecule has 0 bridgehead atoms. The van der Waals surface area contributed by atoms with Crippen LogP contribution in [0.2, 0.25) is 5.02 Å². The number of tetrazole rings is 1. The van der Waals surface area contributed by atoms with Crippen LogP contribution in [0.15, 0.2) is 53.0 Å². The van der Waals surface area contributed by atoms with E-state index in [1.807, 2.05) is 42.5 Å². The lowest BCUT2D eigenvalue weighted by atomic mass is 10.2. The molecule has 1 N–H and O–H groups in total. The van der Waals surface area contributed by atoms with Crippen molar-refractivity contribution in [3.8, 4) is 11.4 Å². The van der Waals surface area contributed by atoms with E-state index < -0.39 is 6.10 Å². The maximum Gasteiger partial charge on any atom is 0.204 e. The average molecular weight is 424 g/mol. The van der Waals surface area contributed by atoms with Crippen molar-refractivity contribution in [3.63, 3.8) is 0 Å². The van der Waals surface area contributed by atoms with E-state index in [-0.39, 0.29) is 13.2 Å². The van der Waals surface area contributed by atoms with Gasteiger partial charge in [-0.2, -0.15) is 4.80 Å². The first kappa shape index (κ1) is 18.0. The third-order valence-electron chi connectivity index (χ3n) is 3.45. The van der Waals surface area contributed by atoms with E-state index >= 15 is 0 Å². The van der Waals surface area contributed by atoms with Gasteiger partial charge in [0.15, 0.2) is 0 Å². The number of nitrogens with zero attached hydrogens (tertiary/aromatic N) is 4. The minimum atomic E-state index is -0.741. The van der Waals surface area contributed by atoms with Gasteiger partial charge < -0.3 is 9.84 Å². The third kappa shape index (κ3) is 5.09. The van der Waals surface area contributed by atoms with E-state index in [4.69, 9.17) is 16.3 Å². The zero-order chi connectivity index (χ0) is 17.6. The molecule has 0 unspecified atom stereocenters. The first-order valence-corrected chi connectivity index (χ1v) is 8.82. The van der Waals surface area contributed by atoms with Gasteiger partial charge in [0.1, 0.15) is 0 Å². The number of ether oxygens (including phenoxy) is 1. The minimum absolute atomic E-state index is 0.153. The van der Waals surface area contributed by atoms with Crippen molar-refractivity contribution in [2.45, 2.75) is 19.3 Å². The van der Waals surface area contributed by atoms with Gasteiger partial charge in [-0.05, 0) is 41.1 Å². The highest BCUT2D eigenvalue weighted by molar-refractivity contribution is 9.10. The van der Waals surface area contributed by atoms with Crippen LogP contribution in [0, 0.1) is 0 Å². The summed E-state index contributed by atoms with van der Waals surface area (Å²) in [5.74, 6) is 0.511. The molecular weight excluding hydrogens is 408 g/mol. The highest BCUT2D eigenvalue weighted by atomic mass is 79.9. The molecule has 6 nitrogen and oxygen atoms in total. The van der Waals surface area contributed by atoms with Crippen LogP contribution in [0.1, 0.15) is 5.56 Å². The molecule has 0 spiro atoms. The molecule has 1 aromatic heterocycles. The Labute approximate surface area is 158 Å². The second kappa shape index (κ2) is 8.53. The monoisotopic (exact) mass is 422 g/mol. The summed E-state index contributed by atoms with van der Waals surface area (Å²) in [4.78, 5) is 1.36. The Balaban J connectivity index is 1.50. The molecule has 3 rings (SSSR count). The molecule has 3 aromatic rings. The van der Waals surface area contributed by atoms with Gasteiger partial charge >= 0.3 is 0 Å². The zero-order valence-electron chi connectivity index (χ0n) is 13.2. The van der Waals surface area contributed by atoms with Gasteiger partial charge in [0.2, 0.25) is 5.82 Å². The van der Waals surface area contributed by atoms with Crippen LogP contribution in [-0.4, -0.2) is 38.0 Å². The van der Waals surface area contributed by atoms with E-state index in [9.17, 15) is 5.11 Å². The van der Waals surface area contributed by atoms with Crippen LogP contribution in [-0.2, 0) is 17.9 Å². The summed E-state index contributed by atoms with van der Waals surface area (Å²) < 4.78 is 6.49.